The van der Waals surface area contributed by atoms with Crippen LogP contribution in [0.15, 0.2) is 48.5 Å². The quantitative estimate of drug-likeness (QED) is 0.487. The summed E-state index contributed by atoms with van der Waals surface area (Å²) in [6.45, 7) is 2.54. The monoisotopic (exact) mass is 404 g/mol. The Labute approximate surface area is 177 Å². The zero-order chi connectivity index (χ0) is 20.9. The van der Waals surface area contributed by atoms with E-state index in [0.29, 0.717) is 6.54 Å². The molecule has 0 aliphatic heterocycles. The smallest absolute Gasteiger partial charge is 0.269 e. The second-order valence-electron chi connectivity index (χ2n) is 9.82. The van der Waals surface area contributed by atoms with E-state index in [1.54, 1.807) is 24.3 Å². The van der Waals surface area contributed by atoms with Gasteiger partial charge in [0.1, 0.15) is 0 Å². The molecule has 4 bridgehead atoms. The molecule has 0 atom stereocenters. The van der Waals surface area contributed by atoms with Crippen molar-refractivity contribution in [2.24, 2.45) is 17.8 Å². The van der Waals surface area contributed by atoms with E-state index in [1.807, 2.05) is 31.2 Å². The minimum Gasteiger partial charge on any atom is -0.329 e. The SMILES string of the molecule is Cc1ccc(C(=O)N(Cc2ccc([N+](=O)[O-])cc2)C23CC4CC(CC(C4)C2)C3)cc1. The van der Waals surface area contributed by atoms with Gasteiger partial charge in [0.25, 0.3) is 11.6 Å². The first-order valence-corrected chi connectivity index (χ1v) is 11.0. The molecule has 0 aromatic heterocycles. The number of nitro benzene ring substituents is 1. The van der Waals surface area contributed by atoms with Crippen LogP contribution in [0, 0.1) is 34.8 Å². The van der Waals surface area contributed by atoms with Gasteiger partial charge in [-0.15, -0.1) is 0 Å². The predicted octanol–water partition coefficient (Wildman–Crippen LogP) is 5.51. The maximum atomic E-state index is 13.8. The second kappa shape index (κ2) is 7.22. The lowest BCUT2D eigenvalue weighted by Gasteiger charge is -2.60. The van der Waals surface area contributed by atoms with Crippen LogP contribution in [0.25, 0.3) is 0 Å². The highest BCUT2D eigenvalue weighted by Gasteiger charge is 2.54. The third-order valence-corrected chi connectivity index (χ3v) is 7.61. The molecule has 4 aliphatic carbocycles. The Balaban J connectivity index is 1.50. The van der Waals surface area contributed by atoms with Crippen molar-refractivity contribution in [2.75, 3.05) is 0 Å². The number of amides is 1. The zero-order valence-corrected chi connectivity index (χ0v) is 17.4. The molecule has 5 heteroatoms. The molecular formula is C25H28N2O3. The van der Waals surface area contributed by atoms with E-state index in [1.165, 1.54) is 19.3 Å². The number of nitrogens with zero attached hydrogens (tertiary/aromatic N) is 2. The van der Waals surface area contributed by atoms with Gasteiger partial charge < -0.3 is 4.90 Å². The van der Waals surface area contributed by atoms with Crippen molar-refractivity contribution in [1.29, 1.82) is 0 Å². The molecule has 0 N–H and O–H groups in total. The lowest BCUT2D eigenvalue weighted by Crippen LogP contribution is -2.61. The molecule has 0 unspecified atom stereocenters. The van der Waals surface area contributed by atoms with E-state index in [9.17, 15) is 14.9 Å². The Morgan fingerprint density at radius 3 is 2.00 bits per heavy atom. The minimum atomic E-state index is -0.377. The summed E-state index contributed by atoms with van der Waals surface area (Å²) in [5.74, 6) is 2.31. The standard InChI is InChI=1S/C25H28N2O3/c1-17-2-6-22(7-3-17)24(28)26(16-18-4-8-23(9-5-18)27(29)30)25-13-19-10-20(14-25)12-21(11-19)15-25/h2-9,19-21H,10-16H2,1H3. The van der Waals surface area contributed by atoms with Crippen molar-refractivity contribution in [3.8, 4) is 0 Å². The molecule has 4 saturated carbocycles. The normalized spacial score (nSPS) is 29.0. The Kier molecular flexibility index (Phi) is 4.64. The van der Waals surface area contributed by atoms with Crippen molar-refractivity contribution in [1.82, 2.24) is 4.90 Å². The predicted molar refractivity (Wildman–Crippen MR) is 115 cm³/mol. The van der Waals surface area contributed by atoms with E-state index in [-0.39, 0.29) is 22.1 Å². The average Bonchev–Trinajstić information content (AvgIpc) is 2.71. The maximum absolute atomic E-state index is 13.8. The van der Waals surface area contributed by atoms with E-state index >= 15 is 0 Å². The number of hydrogen-bond donors (Lipinski definition) is 0. The molecule has 30 heavy (non-hydrogen) atoms. The Hall–Kier alpha value is -2.69. The van der Waals surface area contributed by atoms with Crippen LogP contribution < -0.4 is 0 Å². The number of aryl methyl sites for hydroxylation is 1. The van der Waals surface area contributed by atoms with Gasteiger partial charge in [-0.05, 0) is 80.9 Å². The summed E-state index contributed by atoms with van der Waals surface area (Å²) in [4.78, 5) is 26.5. The second-order valence-corrected chi connectivity index (χ2v) is 9.82. The molecule has 5 nitrogen and oxygen atoms in total. The summed E-state index contributed by atoms with van der Waals surface area (Å²) < 4.78 is 0. The van der Waals surface area contributed by atoms with Gasteiger partial charge in [0.15, 0.2) is 0 Å². The summed E-state index contributed by atoms with van der Waals surface area (Å²) in [5, 5.41) is 11.0. The number of benzene rings is 2. The Morgan fingerprint density at radius 1 is 0.967 bits per heavy atom. The molecule has 0 heterocycles. The zero-order valence-electron chi connectivity index (χ0n) is 17.4. The molecule has 1 amide bonds. The van der Waals surface area contributed by atoms with Crippen molar-refractivity contribution in [3.05, 3.63) is 75.3 Å². The Morgan fingerprint density at radius 2 is 1.50 bits per heavy atom. The lowest BCUT2D eigenvalue weighted by molar-refractivity contribution is -0.384. The van der Waals surface area contributed by atoms with Gasteiger partial charge in [0.2, 0.25) is 0 Å². The number of carbonyl (C=O) groups is 1. The van der Waals surface area contributed by atoms with Crippen LogP contribution in [0.5, 0.6) is 0 Å². The fourth-order valence-electron chi connectivity index (χ4n) is 6.61. The van der Waals surface area contributed by atoms with Gasteiger partial charge in [-0.2, -0.15) is 0 Å². The summed E-state index contributed by atoms with van der Waals surface area (Å²) in [6, 6.07) is 14.5. The van der Waals surface area contributed by atoms with Gasteiger partial charge >= 0.3 is 0 Å². The van der Waals surface area contributed by atoms with Gasteiger partial charge in [0.05, 0.1) is 4.92 Å². The molecule has 4 fully saturated rings. The summed E-state index contributed by atoms with van der Waals surface area (Å²) in [5.41, 5.74) is 2.85. The topological polar surface area (TPSA) is 63.5 Å². The number of non-ortho nitro benzene ring substituents is 1. The van der Waals surface area contributed by atoms with Crippen molar-refractivity contribution in [3.63, 3.8) is 0 Å². The van der Waals surface area contributed by atoms with Crippen molar-refractivity contribution in [2.45, 2.75) is 57.5 Å². The number of nitro groups is 1. The highest BCUT2D eigenvalue weighted by Crippen LogP contribution is 2.58. The number of hydrogen-bond acceptors (Lipinski definition) is 3. The van der Waals surface area contributed by atoms with E-state index in [0.717, 1.165) is 53.7 Å². The highest BCUT2D eigenvalue weighted by molar-refractivity contribution is 5.94. The van der Waals surface area contributed by atoms with Crippen LogP contribution in [0.1, 0.15) is 60.0 Å². The molecule has 6 rings (SSSR count). The molecule has 156 valence electrons. The fraction of sp³-hybridized carbons (Fsp3) is 0.480. The molecule has 2 aromatic rings. The van der Waals surface area contributed by atoms with Crippen LogP contribution in [-0.4, -0.2) is 21.3 Å². The van der Waals surface area contributed by atoms with Gasteiger partial charge in [0, 0.05) is 29.8 Å². The first-order chi connectivity index (χ1) is 14.4. The number of rotatable bonds is 5. The lowest BCUT2D eigenvalue weighted by atomic mass is 9.52. The molecule has 0 radical (unpaired) electrons. The minimum absolute atomic E-state index is 0.0709. The molecule has 4 aliphatic rings. The fourth-order valence-corrected chi connectivity index (χ4v) is 6.61. The van der Waals surface area contributed by atoms with Gasteiger partial charge in [-0.25, -0.2) is 0 Å². The first kappa shape index (κ1) is 19.3. The molecule has 0 spiro atoms. The summed E-state index contributed by atoms with van der Waals surface area (Å²) >= 11 is 0. The van der Waals surface area contributed by atoms with E-state index in [2.05, 4.69) is 4.90 Å². The third kappa shape index (κ3) is 3.40. The summed E-state index contributed by atoms with van der Waals surface area (Å²) in [7, 11) is 0. The van der Waals surface area contributed by atoms with E-state index in [4.69, 9.17) is 0 Å². The Bertz CT molecular complexity index is 930. The van der Waals surface area contributed by atoms with Crippen molar-refractivity contribution < 1.29 is 9.72 Å². The molecule has 0 saturated heterocycles. The third-order valence-electron chi connectivity index (χ3n) is 7.61. The van der Waals surface area contributed by atoms with Gasteiger partial charge in [-0.3, -0.25) is 14.9 Å². The van der Waals surface area contributed by atoms with Crippen LogP contribution in [0.2, 0.25) is 0 Å². The van der Waals surface area contributed by atoms with Crippen LogP contribution in [-0.2, 0) is 6.54 Å². The first-order valence-electron chi connectivity index (χ1n) is 11.0. The van der Waals surface area contributed by atoms with Crippen LogP contribution in [0.3, 0.4) is 0 Å². The van der Waals surface area contributed by atoms with Crippen LogP contribution >= 0.6 is 0 Å². The average molecular weight is 405 g/mol. The van der Waals surface area contributed by atoms with Crippen LogP contribution in [0.4, 0.5) is 5.69 Å². The van der Waals surface area contributed by atoms with E-state index < -0.39 is 0 Å². The largest absolute Gasteiger partial charge is 0.329 e. The molecule has 2 aromatic carbocycles. The highest BCUT2D eigenvalue weighted by atomic mass is 16.6. The van der Waals surface area contributed by atoms with Crippen molar-refractivity contribution >= 4 is 11.6 Å². The maximum Gasteiger partial charge on any atom is 0.269 e. The summed E-state index contributed by atoms with van der Waals surface area (Å²) in [6.07, 6.45) is 7.27. The van der Waals surface area contributed by atoms with Gasteiger partial charge in [-0.1, -0.05) is 29.8 Å². The number of carbonyl (C=O) groups excluding carboxylic acids is 1. The molecular weight excluding hydrogens is 376 g/mol.